The zero-order chi connectivity index (χ0) is 12.9. The Hall–Kier alpha value is -0.160. The molecule has 0 aromatic rings. The molecule has 0 amide bonds. The maximum atomic E-state index is 5.01. The molecule has 0 fully saturated rings. The Kier molecular flexibility index (Phi) is 12.2. The topological polar surface area (TPSA) is 36.9 Å². The lowest BCUT2D eigenvalue weighted by Crippen LogP contribution is -2.05. The lowest BCUT2D eigenvalue weighted by Gasteiger charge is -2.07. The van der Waals surface area contributed by atoms with Gasteiger partial charge in [0.2, 0.25) is 0 Å². The maximum absolute atomic E-state index is 5.01. The van der Waals surface area contributed by atoms with E-state index in [9.17, 15) is 0 Å². The average Bonchev–Trinajstić information content (AvgIpc) is 2.25. The second-order valence-electron chi connectivity index (χ2n) is 5.01. The minimum absolute atomic E-state index is 0.547. The van der Waals surface area contributed by atoms with E-state index in [1.165, 1.54) is 0 Å². The maximum Gasteiger partial charge on any atom is 0.0845 e. The van der Waals surface area contributed by atoms with Crippen molar-refractivity contribution in [3.63, 3.8) is 0 Å². The highest BCUT2D eigenvalue weighted by Gasteiger charge is 1.96. The van der Waals surface area contributed by atoms with Crippen molar-refractivity contribution >= 4 is 0 Å². The van der Waals surface area contributed by atoms with E-state index in [2.05, 4.69) is 27.7 Å². The highest BCUT2D eigenvalue weighted by Crippen LogP contribution is 2.00. The molecule has 0 N–H and O–H groups in total. The van der Waals surface area contributed by atoms with Gasteiger partial charge in [-0.25, -0.2) is 19.6 Å². The molecule has 104 valence electrons. The van der Waals surface area contributed by atoms with Gasteiger partial charge in [-0.2, -0.15) is 0 Å². The fourth-order valence-corrected chi connectivity index (χ4v) is 0.980. The van der Waals surface area contributed by atoms with Crippen LogP contribution in [0.5, 0.6) is 0 Å². The normalized spacial score (nSPS) is 11.6. The summed E-state index contributed by atoms with van der Waals surface area (Å²) in [5.74, 6) is 1.30. The second kappa shape index (κ2) is 12.3. The predicted octanol–water partition coefficient (Wildman–Crippen LogP) is 3.37. The Labute approximate surface area is 105 Å². The van der Waals surface area contributed by atoms with Crippen molar-refractivity contribution in [2.75, 3.05) is 26.4 Å². The molecule has 0 bridgehead atoms. The van der Waals surface area contributed by atoms with Crippen LogP contribution in [0.2, 0.25) is 0 Å². The second-order valence-corrected chi connectivity index (χ2v) is 5.01. The van der Waals surface area contributed by atoms with Crippen LogP contribution in [0.15, 0.2) is 0 Å². The molecule has 0 radical (unpaired) electrons. The largest absolute Gasteiger partial charge is 0.237 e. The Balaban J connectivity index is 2.94. The van der Waals surface area contributed by atoms with Crippen molar-refractivity contribution in [2.45, 2.75) is 47.0 Å². The highest BCUT2D eigenvalue weighted by atomic mass is 17.2. The molecule has 0 atom stereocenters. The summed E-state index contributed by atoms with van der Waals surface area (Å²) in [6.45, 7) is 11.0. The van der Waals surface area contributed by atoms with Crippen LogP contribution in [0.1, 0.15) is 47.0 Å². The quantitative estimate of drug-likeness (QED) is 0.301. The van der Waals surface area contributed by atoms with Crippen LogP contribution in [0, 0.1) is 11.8 Å². The molecule has 0 aromatic carbocycles. The summed E-state index contributed by atoms with van der Waals surface area (Å²) in [7, 11) is 0. The predicted molar refractivity (Wildman–Crippen MR) is 67.3 cm³/mol. The highest BCUT2D eigenvalue weighted by molar-refractivity contribution is 4.41. The molecule has 4 nitrogen and oxygen atoms in total. The number of rotatable bonds is 12. The average molecular weight is 248 g/mol. The Bertz CT molecular complexity index is 132. The Morgan fingerprint density at radius 2 is 0.941 bits per heavy atom. The molecule has 17 heavy (non-hydrogen) atoms. The first kappa shape index (κ1) is 16.8. The summed E-state index contributed by atoms with van der Waals surface area (Å²) in [6.07, 6.45) is 2.83. The SMILES string of the molecule is CC(C)CCOOCCCOOCCC(C)C. The molecule has 0 heterocycles. The minimum atomic E-state index is 0.547. The van der Waals surface area contributed by atoms with E-state index in [0.717, 1.165) is 19.3 Å². The van der Waals surface area contributed by atoms with E-state index >= 15 is 0 Å². The van der Waals surface area contributed by atoms with E-state index in [0.29, 0.717) is 38.3 Å². The van der Waals surface area contributed by atoms with E-state index in [1.54, 1.807) is 0 Å². The first-order valence-electron chi connectivity index (χ1n) is 6.61. The van der Waals surface area contributed by atoms with Crippen molar-refractivity contribution in [2.24, 2.45) is 11.8 Å². The van der Waals surface area contributed by atoms with Gasteiger partial charge in [0, 0.05) is 6.42 Å². The lowest BCUT2D eigenvalue weighted by molar-refractivity contribution is -0.316. The van der Waals surface area contributed by atoms with Crippen LogP contribution in [-0.2, 0) is 19.6 Å². The molecule has 0 spiro atoms. The molecule has 0 saturated heterocycles. The van der Waals surface area contributed by atoms with Gasteiger partial charge in [0.05, 0.1) is 26.4 Å². The van der Waals surface area contributed by atoms with Gasteiger partial charge in [0.1, 0.15) is 0 Å². The van der Waals surface area contributed by atoms with E-state index in [1.807, 2.05) is 0 Å². The van der Waals surface area contributed by atoms with Crippen molar-refractivity contribution in [1.82, 2.24) is 0 Å². The van der Waals surface area contributed by atoms with E-state index < -0.39 is 0 Å². The van der Waals surface area contributed by atoms with Crippen LogP contribution in [-0.4, -0.2) is 26.4 Å². The number of hydrogen-bond acceptors (Lipinski definition) is 4. The van der Waals surface area contributed by atoms with Crippen molar-refractivity contribution in [3.05, 3.63) is 0 Å². The smallest absolute Gasteiger partial charge is 0.0845 e. The lowest BCUT2D eigenvalue weighted by atomic mass is 10.1. The van der Waals surface area contributed by atoms with Crippen LogP contribution in [0.3, 0.4) is 0 Å². The first-order valence-corrected chi connectivity index (χ1v) is 6.61. The van der Waals surface area contributed by atoms with Gasteiger partial charge in [0.25, 0.3) is 0 Å². The Morgan fingerprint density at radius 3 is 1.29 bits per heavy atom. The molecule has 0 saturated carbocycles. The van der Waals surface area contributed by atoms with Crippen molar-refractivity contribution in [3.8, 4) is 0 Å². The van der Waals surface area contributed by atoms with Crippen LogP contribution in [0.4, 0.5) is 0 Å². The zero-order valence-corrected chi connectivity index (χ0v) is 11.7. The molecule has 0 aliphatic rings. The summed E-state index contributed by atoms with van der Waals surface area (Å²) in [5.41, 5.74) is 0. The van der Waals surface area contributed by atoms with Crippen molar-refractivity contribution in [1.29, 1.82) is 0 Å². The molecule has 0 unspecified atom stereocenters. The molecular formula is C13H28O4. The minimum Gasteiger partial charge on any atom is -0.237 e. The third kappa shape index (κ3) is 15.8. The summed E-state index contributed by atoms with van der Waals surface area (Å²) >= 11 is 0. The van der Waals surface area contributed by atoms with Gasteiger partial charge >= 0.3 is 0 Å². The molecule has 0 aliphatic heterocycles. The van der Waals surface area contributed by atoms with Gasteiger partial charge in [-0.15, -0.1) is 0 Å². The molecule has 0 rings (SSSR count). The third-order valence-electron chi connectivity index (χ3n) is 2.18. The third-order valence-corrected chi connectivity index (χ3v) is 2.18. The van der Waals surface area contributed by atoms with E-state index in [4.69, 9.17) is 19.6 Å². The van der Waals surface area contributed by atoms with Crippen molar-refractivity contribution < 1.29 is 19.6 Å². The van der Waals surface area contributed by atoms with Gasteiger partial charge in [-0.1, -0.05) is 27.7 Å². The summed E-state index contributed by atoms with van der Waals surface area (Å²) in [6, 6.07) is 0. The molecule has 0 aromatic heterocycles. The van der Waals surface area contributed by atoms with Crippen LogP contribution < -0.4 is 0 Å². The molecule has 0 aliphatic carbocycles. The van der Waals surface area contributed by atoms with Crippen LogP contribution >= 0.6 is 0 Å². The Morgan fingerprint density at radius 1 is 0.588 bits per heavy atom. The van der Waals surface area contributed by atoms with Gasteiger partial charge < -0.3 is 0 Å². The summed E-state index contributed by atoms with van der Waals surface area (Å²) in [4.78, 5) is 20.0. The van der Waals surface area contributed by atoms with Gasteiger partial charge in [0.15, 0.2) is 0 Å². The fraction of sp³-hybridized carbons (Fsp3) is 1.00. The monoisotopic (exact) mass is 248 g/mol. The fourth-order valence-electron chi connectivity index (χ4n) is 0.980. The van der Waals surface area contributed by atoms with Gasteiger partial charge in [-0.3, -0.25) is 0 Å². The van der Waals surface area contributed by atoms with E-state index in [-0.39, 0.29) is 0 Å². The summed E-state index contributed by atoms with van der Waals surface area (Å²) < 4.78 is 0. The standard InChI is InChI=1S/C13H28O4/c1-12(2)6-10-16-14-8-5-9-15-17-11-7-13(3)4/h12-13H,5-11H2,1-4H3. The number of hydrogen-bond donors (Lipinski definition) is 0. The van der Waals surface area contributed by atoms with Gasteiger partial charge in [-0.05, 0) is 24.7 Å². The molecule has 4 heteroatoms. The zero-order valence-electron chi connectivity index (χ0n) is 11.7. The summed E-state index contributed by atoms with van der Waals surface area (Å²) in [5, 5.41) is 0. The first-order chi connectivity index (χ1) is 8.13. The van der Waals surface area contributed by atoms with Crippen LogP contribution in [0.25, 0.3) is 0 Å². The molecular weight excluding hydrogens is 220 g/mol.